The number of aromatic nitrogens is 2. The minimum Gasteiger partial charge on any atom is -0.377 e. The highest BCUT2D eigenvalue weighted by molar-refractivity contribution is 6.30. The Morgan fingerprint density at radius 3 is 2.62 bits per heavy atom. The SMILES string of the molecule is CCCCCc1nc(-c2ccc(Cl)cc2)cc(=O)n1CC(=O)N1CCOCC1c1ccccc1. The summed E-state index contributed by atoms with van der Waals surface area (Å²) in [5.41, 5.74) is 2.24. The number of unbranched alkanes of at least 4 members (excludes halogenated alkanes) is 2. The lowest BCUT2D eigenvalue weighted by Gasteiger charge is -2.36. The van der Waals surface area contributed by atoms with Crippen LogP contribution in [-0.4, -0.2) is 40.1 Å². The summed E-state index contributed by atoms with van der Waals surface area (Å²) in [6.07, 6.45) is 3.65. The normalized spacial score (nSPS) is 15.9. The number of carbonyl (C=O) groups is 1. The Hall–Kier alpha value is -2.96. The van der Waals surface area contributed by atoms with E-state index < -0.39 is 0 Å². The van der Waals surface area contributed by atoms with Gasteiger partial charge in [0.2, 0.25) is 5.91 Å². The molecule has 178 valence electrons. The number of hydrogen-bond donors (Lipinski definition) is 0. The molecular weight excluding hydrogens is 450 g/mol. The quantitative estimate of drug-likeness (QED) is 0.431. The van der Waals surface area contributed by atoms with E-state index in [9.17, 15) is 9.59 Å². The summed E-state index contributed by atoms with van der Waals surface area (Å²) in [7, 11) is 0. The molecule has 4 rings (SSSR count). The Bertz CT molecular complexity index is 1160. The molecule has 0 bridgehead atoms. The molecule has 0 saturated carbocycles. The lowest BCUT2D eigenvalue weighted by Crippen LogP contribution is -2.46. The van der Waals surface area contributed by atoms with Gasteiger partial charge < -0.3 is 9.64 Å². The minimum atomic E-state index is -0.218. The van der Waals surface area contributed by atoms with Gasteiger partial charge in [0.15, 0.2) is 0 Å². The molecule has 0 spiro atoms. The molecule has 1 unspecified atom stereocenters. The Morgan fingerprint density at radius 1 is 1.12 bits per heavy atom. The van der Waals surface area contributed by atoms with E-state index in [0.717, 1.165) is 30.4 Å². The molecule has 1 aromatic heterocycles. The van der Waals surface area contributed by atoms with Crippen LogP contribution >= 0.6 is 11.6 Å². The smallest absolute Gasteiger partial charge is 0.254 e. The van der Waals surface area contributed by atoms with Crippen LogP contribution in [0.5, 0.6) is 0 Å². The number of hydrogen-bond acceptors (Lipinski definition) is 4. The van der Waals surface area contributed by atoms with Crippen molar-refractivity contribution < 1.29 is 9.53 Å². The molecule has 1 amide bonds. The van der Waals surface area contributed by atoms with Gasteiger partial charge in [0.05, 0.1) is 24.9 Å². The first kappa shape index (κ1) is 24.2. The maximum Gasteiger partial charge on any atom is 0.254 e. The number of ether oxygens (including phenoxy) is 1. The Balaban J connectivity index is 1.63. The van der Waals surface area contributed by atoms with Crippen molar-refractivity contribution in [3.63, 3.8) is 0 Å². The molecule has 1 aliphatic rings. The fourth-order valence-electron chi connectivity index (χ4n) is 4.30. The van der Waals surface area contributed by atoms with E-state index in [1.807, 2.05) is 47.4 Å². The number of amides is 1. The molecule has 1 fully saturated rings. The van der Waals surface area contributed by atoms with Gasteiger partial charge in [0, 0.05) is 29.6 Å². The van der Waals surface area contributed by atoms with Crippen molar-refractivity contribution in [2.24, 2.45) is 0 Å². The first-order valence-corrected chi connectivity index (χ1v) is 12.2. The highest BCUT2D eigenvalue weighted by Gasteiger charge is 2.29. The third kappa shape index (κ3) is 5.75. The zero-order valence-corrected chi connectivity index (χ0v) is 20.2. The molecule has 1 atom stereocenters. The standard InChI is InChI=1S/C27H30ClN3O3/c1-2-3-5-10-25-29-23(20-11-13-22(28)14-12-20)17-26(32)31(25)18-27(33)30-15-16-34-19-24(30)21-8-6-4-7-9-21/h4,6-9,11-14,17,24H,2-3,5,10,15-16,18-19H2,1H3. The summed E-state index contributed by atoms with van der Waals surface area (Å²) in [6.45, 7) is 3.53. The fourth-order valence-corrected chi connectivity index (χ4v) is 4.42. The van der Waals surface area contributed by atoms with Crippen molar-refractivity contribution in [2.45, 2.75) is 45.2 Å². The van der Waals surface area contributed by atoms with Gasteiger partial charge in [0.1, 0.15) is 12.4 Å². The second-order valence-corrected chi connectivity index (χ2v) is 8.97. The van der Waals surface area contributed by atoms with Crippen molar-refractivity contribution >= 4 is 17.5 Å². The van der Waals surface area contributed by atoms with Crippen molar-refractivity contribution in [2.75, 3.05) is 19.8 Å². The number of rotatable bonds is 8. The van der Waals surface area contributed by atoms with E-state index in [1.165, 1.54) is 10.6 Å². The monoisotopic (exact) mass is 479 g/mol. The number of aryl methyl sites for hydroxylation is 1. The van der Waals surface area contributed by atoms with Gasteiger partial charge in [0.25, 0.3) is 5.56 Å². The van der Waals surface area contributed by atoms with Crippen LogP contribution in [0.4, 0.5) is 0 Å². The number of nitrogens with zero attached hydrogens (tertiary/aromatic N) is 3. The van der Waals surface area contributed by atoms with Crippen LogP contribution in [0, 0.1) is 0 Å². The third-order valence-corrected chi connectivity index (χ3v) is 6.41. The lowest BCUT2D eigenvalue weighted by molar-refractivity contribution is -0.141. The number of benzene rings is 2. The molecule has 2 aromatic carbocycles. The Morgan fingerprint density at radius 2 is 1.88 bits per heavy atom. The maximum atomic E-state index is 13.4. The number of halogens is 1. The van der Waals surface area contributed by atoms with Gasteiger partial charge in [-0.15, -0.1) is 0 Å². The molecule has 0 N–H and O–H groups in total. The molecule has 0 radical (unpaired) electrons. The average molecular weight is 480 g/mol. The van der Waals surface area contributed by atoms with E-state index in [1.54, 1.807) is 12.1 Å². The fraction of sp³-hybridized carbons (Fsp3) is 0.370. The molecule has 6 nitrogen and oxygen atoms in total. The Kier molecular flexibility index (Phi) is 8.14. The summed E-state index contributed by atoms with van der Waals surface area (Å²) in [4.78, 5) is 33.3. The van der Waals surface area contributed by atoms with E-state index in [-0.39, 0.29) is 24.1 Å². The molecule has 7 heteroatoms. The van der Waals surface area contributed by atoms with Crippen LogP contribution in [0.3, 0.4) is 0 Å². The van der Waals surface area contributed by atoms with E-state index in [4.69, 9.17) is 21.3 Å². The summed E-state index contributed by atoms with van der Waals surface area (Å²) < 4.78 is 7.21. The Labute approximate surface area is 205 Å². The van der Waals surface area contributed by atoms with Crippen molar-refractivity contribution in [1.82, 2.24) is 14.5 Å². The maximum absolute atomic E-state index is 13.4. The van der Waals surface area contributed by atoms with E-state index in [0.29, 0.717) is 42.7 Å². The zero-order chi connectivity index (χ0) is 23.9. The summed E-state index contributed by atoms with van der Waals surface area (Å²) in [5.74, 6) is 0.542. The van der Waals surface area contributed by atoms with Crippen molar-refractivity contribution in [3.05, 3.63) is 87.4 Å². The second kappa shape index (κ2) is 11.4. The molecular formula is C27H30ClN3O3. The largest absolute Gasteiger partial charge is 0.377 e. The van der Waals surface area contributed by atoms with Crippen LogP contribution in [-0.2, 0) is 22.5 Å². The molecule has 34 heavy (non-hydrogen) atoms. The molecule has 1 saturated heterocycles. The lowest BCUT2D eigenvalue weighted by atomic mass is 10.0. The molecule has 1 aliphatic heterocycles. The highest BCUT2D eigenvalue weighted by atomic mass is 35.5. The van der Waals surface area contributed by atoms with Crippen LogP contribution < -0.4 is 5.56 Å². The van der Waals surface area contributed by atoms with Gasteiger partial charge in [-0.05, 0) is 24.1 Å². The van der Waals surface area contributed by atoms with Crippen LogP contribution in [0.25, 0.3) is 11.3 Å². The van der Waals surface area contributed by atoms with Crippen LogP contribution in [0.2, 0.25) is 5.02 Å². The second-order valence-electron chi connectivity index (χ2n) is 8.53. The van der Waals surface area contributed by atoms with E-state index >= 15 is 0 Å². The van der Waals surface area contributed by atoms with Gasteiger partial charge >= 0.3 is 0 Å². The molecule has 2 heterocycles. The highest BCUT2D eigenvalue weighted by Crippen LogP contribution is 2.25. The van der Waals surface area contributed by atoms with Crippen molar-refractivity contribution in [3.8, 4) is 11.3 Å². The summed E-state index contributed by atoms with van der Waals surface area (Å²) >= 11 is 6.02. The van der Waals surface area contributed by atoms with Gasteiger partial charge in [-0.1, -0.05) is 73.8 Å². The topological polar surface area (TPSA) is 64.4 Å². The van der Waals surface area contributed by atoms with Gasteiger partial charge in [-0.3, -0.25) is 14.2 Å². The zero-order valence-electron chi connectivity index (χ0n) is 19.5. The van der Waals surface area contributed by atoms with E-state index in [2.05, 4.69) is 6.92 Å². The first-order valence-electron chi connectivity index (χ1n) is 11.9. The van der Waals surface area contributed by atoms with Crippen molar-refractivity contribution in [1.29, 1.82) is 0 Å². The summed E-state index contributed by atoms with van der Waals surface area (Å²) in [6, 6.07) is 18.5. The number of carbonyl (C=O) groups excluding carboxylic acids is 1. The van der Waals surface area contributed by atoms with Gasteiger partial charge in [-0.25, -0.2) is 4.98 Å². The predicted octanol–water partition coefficient (Wildman–Crippen LogP) is 4.90. The molecule has 0 aliphatic carbocycles. The number of morpholine rings is 1. The van der Waals surface area contributed by atoms with Gasteiger partial charge in [-0.2, -0.15) is 0 Å². The summed E-state index contributed by atoms with van der Waals surface area (Å²) in [5, 5.41) is 0.629. The molecule has 3 aromatic rings. The average Bonchev–Trinajstić information content (AvgIpc) is 2.87. The third-order valence-electron chi connectivity index (χ3n) is 6.16. The van der Waals surface area contributed by atoms with Crippen LogP contribution in [0.15, 0.2) is 65.5 Å². The first-order chi connectivity index (χ1) is 16.6. The van der Waals surface area contributed by atoms with Crippen LogP contribution in [0.1, 0.15) is 43.6 Å². The minimum absolute atomic E-state index is 0.0302. The predicted molar refractivity (Wildman–Crippen MR) is 134 cm³/mol.